The van der Waals surface area contributed by atoms with E-state index in [1.54, 1.807) is 30.8 Å². The van der Waals surface area contributed by atoms with Crippen molar-refractivity contribution in [3.8, 4) is 0 Å². The molecule has 12 heavy (non-hydrogen) atoms. The summed E-state index contributed by atoms with van der Waals surface area (Å²) in [4.78, 5) is 3.81. The highest BCUT2D eigenvalue weighted by atomic mass is 35.5. The lowest BCUT2D eigenvalue weighted by Crippen LogP contribution is -1.89. The first-order valence-corrected chi connectivity index (χ1v) is 5.97. The van der Waals surface area contributed by atoms with Crippen molar-refractivity contribution in [1.82, 2.24) is 4.98 Å². The third-order valence-corrected chi connectivity index (χ3v) is 1.99. The summed E-state index contributed by atoms with van der Waals surface area (Å²) in [5, 5.41) is 0.286. The van der Waals surface area contributed by atoms with Crippen molar-refractivity contribution in [1.29, 1.82) is 0 Å². The molecule has 1 heterocycles. The highest BCUT2D eigenvalue weighted by Gasteiger charge is 1.99. The lowest BCUT2D eigenvalue weighted by atomic mass is 10.4. The zero-order valence-electron chi connectivity index (χ0n) is 6.82. The minimum Gasteiger partial charge on any atom is -0.250 e. The Balaban J connectivity index is 3.23. The summed E-state index contributed by atoms with van der Waals surface area (Å²) in [6.07, 6.45) is 4.67. The predicted octanol–water partition coefficient (Wildman–Crippen LogP) is 2.09. The summed E-state index contributed by atoms with van der Waals surface area (Å²) in [5.41, 5.74) is 0.481. The summed E-state index contributed by atoms with van der Waals surface area (Å²) >= 11 is 5.70. The fourth-order valence-corrected chi connectivity index (χ4v) is 1.52. The first-order chi connectivity index (χ1) is 5.49. The maximum absolute atomic E-state index is 11.3. The van der Waals surface area contributed by atoms with Gasteiger partial charge in [-0.15, -0.1) is 0 Å². The van der Waals surface area contributed by atoms with Crippen LogP contribution in [0.1, 0.15) is 0 Å². The maximum atomic E-state index is 11.3. The zero-order valence-corrected chi connectivity index (χ0v) is 8.39. The van der Waals surface area contributed by atoms with Gasteiger partial charge in [0.25, 0.3) is 0 Å². The quantitative estimate of drug-likeness (QED) is 0.658. The van der Waals surface area contributed by atoms with E-state index in [1.165, 1.54) is 0 Å². The van der Waals surface area contributed by atoms with Crippen molar-refractivity contribution in [2.75, 3.05) is 12.5 Å². The molecule has 0 saturated carbocycles. The predicted molar refractivity (Wildman–Crippen MR) is 51.3 cm³/mol. The molecule has 0 aliphatic heterocycles. The van der Waals surface area contributed by atoms with Gasteiger partial charge in [0, 0.05) is 28.4 Å². The minimum atomic E-state index is -2.15. The molecule has 0 fully saturated rings. The summed E-state index contributed by atoms with van der Waals surface area (Å²) in [5.74, 6) is 0. The summed E-state index contributed by atoms with van der Waals surface area (Å²) in [7, 11) is -2.15. The van der Waals surface area contributed by atoms with Crippen LogP contribution in [-0.2, 0) is 9.73 Å². The van der Waals surface area contributed by atoms with Crippen molar-refractivity contribution in [2.45, 2.75) is 0 Å². The first-order valence-electron chi connectivity index (χ1n) is 3.27. The van der Waals surface area contributed by atoms with Gasteiger partial charge < -0.3 is 0 Å². The second-order valence-electron chi connectivity index (χ2n) is 2.59. The molecule has 66 valence electrons. The van der Waals surface area contributed by atoms with Crippen molar-refractivity contribution in [3.05, 3.63) is 23.5 Å². The van der Waals surface area contributed by atoms with E-state index >= 15 is 0 Å². The van der Waals surface area contributed by atoms with Gasteiger partial charge in [-0.3, -0.25) is 0 Å². The fourth-order valence-electron chi connectivity index (χ4n) is 0.682. The second-order valence-corrected chi connectivity index (χ2v) is 5.49. The zero-order chi connectivity index (χ0) is 9.19. The van der Waals surface area contributed by atoms with Crippen LogP contribution >= 0.6 is 11.6 Å². The Bertz CT molecular complexity index is 388. The number of hydrogen-bond acceptors (Lipinski definition) is 3. The van der Waals surface area contributed by atoms with Gasteiger partial charge in [0.2, 0.25) is 0 Å². The van der Waals surface area contributed by atoms with E-state index in [4.69, 9.17) is 11.6 Å². The number of halogens is 1. The molecule has 0 radical (unpaired) electrons. The number of hydrogen-bond donors (Lipinski definition) is 0. The Kier molecular flexibility index (Phi) is 2.69. The van der Waals surface area contributed by atoms with E-state index in [1.807, 2.05) is 0 Å². The van der Waals surface area contributed by atoms with Gasteiger partial charge in [-0.1, -0.05) is 11.6 Å². The molecule has 1 aromatic rings. The minimum absolute atomic E-state index is 0.286. The lowest BCUT2D eigenvalue weighted by molar-refractivity contribution is 0.684. The largest absolute Gasteiger partial charge is 0.250 e. The van der Waals surface area contributed by atoms with Gasteiger partial charge in [-0.05, 0) is 12.1 Å². The number of nitrogens with zero attached hydrogens (tertiary/aromatic N) is 2. The summed E-state index contributed by atoms with van der Waals surface area (Å²) in [6.45, 7) is 0. The van der Waals surface area contributed by atoms with Gasteiger partial charge in [-0.25, -0.2) is 9.19 Å². The van der Waals surface area contributed by atoms with Gasteiger partial charge in [0.05, 0.1) is 0 Å². The third kappa shape index (κ3) is 2.79. The van der Waals surface area contributed by atoms with E-state index in [2.05, 4.69) is 9.35 Å². The van der Waals surface area contributed by atoms with Gasteiger partial charge >= 0.3 is 0 Å². The van der Waals surface area contributed by atoms with Crippen LogP contribution in [0.2, 0.25) is 5.15 Å². The lowest BCUT2D eigenvalue weighted by Gasteiger charge is -1.97. The molecule has 0 atom stereocenters. The average Bonchev–Trinajstić information content (AvgIpc) is 1.91. The smallest absolute Gasteiger partial charge is 0.155 e. The molecule has 3 nitrogen and oxygen atoms in total. The molecular weight excluding hydrogens is 196 g/mol. The molecule has 0 spiro atoms. The SMILES string of the molecule is CS(C)(=O)=Nc1cccnc1Cl. The van der Waals surface area contributed by atoms with Crippen LogP contribution in [0.25, 0.3) is 0 Å². The van der Waals surface area contributed by atoms with Crippen molar-refractivity contribution in [2.24, 2.45) is 4.36 Å². The van der Waals surface area contributed by atoms with Crippen molar-refractivity contribution < 1.29 is 4.21 Å². The Morgan fingerprint density at radius 2 is 2.25 bits per heavy atom. The number of rotatable bonds is 1. The molecule has 0 aromatic carbocycles. The van der Waals surface area contributed by atoms with Crippen LogP contribution in [0.5, 0.6) is 0 Å². The Morgan fingerprint density at radius 3 is 2.75 bits per heavy atom. The van der Waals surface area contributed by atoms with Gasteiger partial charge in [0.1, 0.15) is 5.69 Å². The van der Waals surface area contributed by atoms with Crippen LogP contribution in [0.3, 0.4) is 0 Å². The molecule has 1 aromatic heterocycles. The second kappa shape index (κ2) is 3.41. The van der Waals surface area contributed by atoms with Crippen LogP contribution in [-0.4, -0.2) is 21.7 Å². The Hall–Kier alpha value is -0.610. The first kappa shape index (κ1) is 9.48. The molecule has 0 bridgehead atoms. The molecule has 0 amide bonds. The highest BCUT2D eigenvalue weighted by molar-refractivity contribution is 7.92. The monoisotopic (exact) mass is 204 g/mol. The Labute approximate surface area is 77.0 Å². The Morgan fingerprint density at radius 1 is 1.58 bits per heavy atom. The standard InChI is InChI=1S/C7H9ClN2OS/c1-12(2,11)10-6-4-3-5-9-7(6)8/h3-5H,1-2H3. The van der Waals surface area contributed by atoms with Crippen LogP contribution < -0.4 is 0 Å². The highest BCUT2D eigenvalue weighted by Crippen LogP contribution is 2.21. The molecule has 1 rings (SSSR count). The van der Waals surface area contributed by atoms with Crippen LogP contribution in [0, 0.1) is 0 Å². The maximum Gasteiger partial charge on any atom is 0.155 e. The van der Waals surface area contributed by atoms with E-state index in [-0.39, 0.29) is 5.15 Å². The summed E-state index contributed by atoms with van der Waals surface area (Å²) in [6, 6.07) is 3.39. The number of aromatic nitrogens is 1. The van der Waals surface area contributed by atoms with E-state index in [0.29, 0.717) is 5.69 Å². The molecule has 0 N–H and O–H groups in total. The van der Waals surface area contributed by atoms with Crippen molar-refractivity contribution >= 4 is 27.0 Å². The normalized spacial score (nSPS) is 11.2. The van der Waals surface area contributed by atoms with E-state index < -0.39 is 9.73 Å². The van der Waals surface area contributed by atoms with Gasteiger partial charge in [-0.2, -0.15) is 4.36 Å². The van der Waals surface area contributed by atoms with Crippen LogP contribution in [0.15, 0.2) is 22.7 Å². The third-order valence-electron chi connectivity index (χ3n) is 1.06. The average molecular weight is 205 g/mol. The molecule has 0 aliphatic carbocycles. The molecule has 0 saturated heterocycles. The van der Waals surface area contributed by atoms with Crippen LogP contribution in [0.4, 0.5) is 5.69 Å². The topological polar surface area (TPSA) is 42.3 Å². The van der Waals surface area contributed by atoms with E-state index in [0.717, 1.165) is 0 Å². The summed E-state index contributed by atoms with van der Waals surface area (Å²) < 4.78 is 15.2. The van der Waals surface area contributed by atoms with E-state index in [9.17, 15) is 4.21 Å². The molecule has 0 unspecified atom stereocenters. The van der Waals surface area contributed by atoms with Crippen molar-refractivity contribution in [3.63, 3.8) is 0 Å². The molecule has 0 aliphatic rings. The fraction of sp³-hybridized carbons (Fsp3) is 0.286. The molecule has 5 heteroatoms. The van der Waals surface area contributed by atoms with Gasteiger partial charge in [0.15, 0.2) is 5.15 Å². The number of pyridine rings is 1. The molecular formula is C7H9ClN2OS.